The molecule has 31 heavy (non-hydrogen) atoms. The van der Waals surface area contributed by atoms with Crippen molar-refractivity contribution >= 4 is 5.91 Å². The number of carbonyl (C=O) groups excluding carboxylic acids is 1. The normalized spacial score (nSPS) is 12.0. The van der Waals surface area contributed by atoms with Gasteiger partial charge in [0.15, 0.2) is 5.82 Å². The number of benzene rings is 2. The molecular weight excluding hydrogens is 386 g/mol. The minimum absolute atomic E-state index is 0.119. The van der Waals surface area contributed by atoms with Crippen molar-refractivity contribution in [3.8, 4) is 17.1 Å². The minimum atomic E-state index is -0.191. The summed E-state index contributed by atoms with van der Waals surface area (Å²) < 4.78 is 1.74. The number of amides is 1. The van der Waals surface area contributed by atoms with Gasteiger partial charge in [-0.25, -0.2) is 9.67 Å². The Morgan fingerprint density at radius 1 is 1.06 bits per heavy atom. The van der Waals surface area contributed by atoms with Crippen LogP contribution in [-0.4, -0.2) is 63.2 Å². The molecule has 6 nitrogen and oxygen atoms in total. The molecule has 3 aromatic rings. The second-order valence-electron chi connectivity index (χ2n) is 7.65. The zero-order chi connectivity index (χ0) is 22.2. The van der Waals surface area contributed by atoms with Gasteiger partial charge < -0.3 is 9.80 Å². The number of hydrogen-bond donors (Lipinski definition) is 0. The van der Waals surface area contributed by atoms with E-state index in [-0.39, 0.29) is 17.8 Å². The van der Waals surface area contributed by atoms with Gasteiger partial charge in [0.1, 0.15) is 0 Å². The molecule has 0 unspecified atom stereocenters. The van der Waals surface area contributed by atoms with Gasteiger partial charge in [0, 0.05) is 24.7 Å². The molecular formula is C25H31N5O. The van der Waals surface area contributed by atoms with Crippen LogP contribution < -0.4 is 0 Å². The second-order valence-corrected chi connectivity index (χ2v) is 7.65. The Hall–Kier alpha value is -3.25. The number of aromatic nitrogens is 3. The van der Waals surface area contributed by atoms with Crippen LogP contribution in [0.4, 0.5) is 0 Å². The first kappa shape index (κ1) is 22.4. The van der Waals surface area contributed by atoms with Gasteiger partial charge in [-0.3, -0.25) is 4.79 Å². The van der Waals surface area contributed by atoms with Crippen LogP contribution >= 0.6 is 0 Å². The van der Waals surface area contributed by atoms with Crippen LogP contribution in [0, 0.1) is 0 Å². The average Bonchev–Trinajstić information content (AvgIpc) is 3.26. The summed E-state index contributed by atoms with van der Waals surface area (Å²) >= 11 is 0. The van der Waals surface area contributed by atoms with Crippen LogP contribution in [0.5, 0.6) is 0 Å². The highest BCUT2D eigenvalue weighted by Gasteiger charge is 2.26. The maximum absolute atomic E-state index is 13.5. The Labute approximate surface area is 184 Å². The lowest BCUT2D eigenvalue weighted by molar-refractivity contribution is 0.0695. The standard InChI is InChI=1S/C25H31N5O/c1-5-17-28(4)18-19-29(20(3)6-2)25(31)23-26-24(21-13-9-7-10-14-21)30(27-23)22-15-11-8-12-16-22/h6-16,20H,2,5,17-19H2,1,3-4H3/t20-/m1/s1. The summed E-state index contributed by atoms with van der Waals surface area (Å²) in [7, 11) is 2.07. The van der Waals surface area contributed by atoms with Crippen molar-refractivity contribution in [3.05, 3.63) is 79.1 Å². The number of likely N-dealkylation sites (N-methyl/N-ethyl adjacent to an activating group) is 1. The maximum atomic E-state index is 13.5. The predicted molar refractivity (Wildman–Crippen MR) is 125 cm³/mol. The quantitative estimate of drug-likeness (QED) is 0.462. The maximum Gasteiger partial charge on any atom is 0.294 e. The molecule has 2 aromatic carbocycles. The number of nitrogens with zero attached hydrogens (tertiary/aromatic N) is 5. The molecule has 0 fully saturated rings. The van der Waals surface area contributed by atoms with E-state index >= 15 is 0 Å². The molecule has 0 N–H and O–H groups in total. The third kappa shape index (κ3) is 5.47. The molecule has 6 heteroatoms. The van der Waals surface area contributed by atoms with Crippen LogP contribution in [0.3, 0.4) is 0 Å². The van der Waals surface area contributed by atoms with E-state index in [4.69, 9.17) is 0 Å². The third-order valence-electron chi connectivity index (χ3n) is 5.25. The Kier molecular flexibility index (Phi) is 7.73. The van der Waals surface area contributed by atoms with E-state index in [0.717, 1.165) is 30.8 Å². The van der Waals surface area contributed by atoms with E-state index < -0.39 is 0 Å². The molecule has 162 valence electrons. The molecule has 1 atom stereocenters. The molecule has 1 heterocycles. The molecule has 3 rings (SSSR count). The van der Waals surface area contributed by atoms with Gasteiger partial charge in [-0.05, 0) is 39.1 Å². The largest absolute Gasteiger partial charge is 0.328 e. The Morgan fingerprint density at radius 3 is 2.32 bits per heavy atom. The van der Waals surface area contributed by atoms with Gasteiger partial charge in [-0.15, -0.1) is 11.7 Å². The number of rotatable bonds is 10. The Balaban J connectivity index is 1.97. The van der Waals surface area contributed by atoms with E-state index in [1.807, 2.05) is 67.6 Å². The van der Waals surface area contributed by atoms with Crippen molar-refractivity contribution in [2.75, 3.05) is 26.7 Å². The molecule has 0 aliphatic rings. The number of hydrogen-bond acceptors (Lipinski definition) is 4. The summed E-state index contributed by atoms with van der Waals surface area (Å²) in [6, 6.07) is 19.5. The zero-order valence-electron chi connectivity index (χ0n) is 18.6. The van der Waals surface area contributed by atoms with Crippen molar-refractivity contribution < 1.29 is 4.79 Å². The molecule has 1 amide bonds. The van der Waals surface area contributed by atoms with Gasteiger partial charge in [-0.2, -0.15) is 0 Å². The van der Waals surface area contributed by atoms with E-state index in [9.17, 15) is 4.79 Å². The summed E-state index contributed by atoms with van der Waals surface area (Å²) in [6.45, 7) is 10.4. The zero-order valence-corrected chi connectivity index (χ0v) is 18.6. The second kappa shape index (κ2) is 10.7. The molecule has 0 saturated carbocycles. The lowest BCUT2D eigenvalue weighted by Gasteiger charge is -2.28. The van der Waals surface area contributed by atoms with Crippen molar-refractivity contribution in [1.29, 1.82) is 0 Å². The smallest absolute Gasteiger partial charge is 0.294 e. The van der Waals surface area contributed by atoms with Crippen LogP contribution in [-0.2, 0) is 0 Å². The van der Waals surface area contributed by atoms with Crippen LogP contribution in [0.2, 0.25) is 0 Å². The van der Waals surface area contributed by atoms with E-state index in [0.29, 0.717) is 12.4 Å². The summed E-state index contributed by atoms with van der Waals surface area (Å²) in [5.74, 6) is 0.642. The van der Waals surface area contributed by atoms with E-state index in [1.54, 1.807) is 15.7 Å². The summed E-state index contributed by atoms with van der Waals surface area (Å²) in [5.41, 5.74) is 1.77. The van der Waals surface area contributed by atoms with Gasteiger partial charge >= 0.3 is 0 Å². The topological polar surface area (TPSA) is 54.3 Å². The van der Waals surface area contributed by atoms with Crippen molar-refractivity contribution in [2.24, 2.45) is 0 Å². The fourth-order valence-electron chi connectivity index (χ4n) is 3.44. The van der Waals surface area contributed by atoms with Crippen molar-refractivity contribution in [1.82, 2.24) is 24.6 Å². The summed E-state index contributed by atoms with van der Waals surface area (Å²) in [6.07, 6.45) is 2.86. The lowest BCUT2D eigenvalue weighted by Crippen LogP contribution is -2.42. The molecule has 0 saturated heterocycles. The van der Waals surface area contributed by atoms with E-state index in [2.05, 4.69) is 35.5 Å². The number of carbonyl (C=O) groups is 1. The molecule has 0 aliphatic carbocycles. The highest BCUT2D eigenvalue weighted by Crippen LogP contribution is 2.22. The van der Waals surface area contributed by atoms with Gasteiger partial charge in [0.05, 0.1) is 5.69 Å². The highest BCUT2D eigenvalue weighted by atomic mass is 16.2. The highest BCUT2D eigenvalue weighted by molar-refractivity contribution is 5.91. The first-order chi connectivity index (χ1) is 15.0. The molecule has 1 aromatic heterocycles. The van der Waals surface area contributed by atoms with Crippen LogP contribution in [0.1, 0.15) is 30.9 Å². The summed E-state index contributed by atoms with van der Waals surface area (Å²) in [4.78, 5) is 22.1. The first-order valence-corrected chi connectivity index (χ1v) is 10.7. The SMILES string of the molecule is C=C[C@@H](C)N(CCN(C)CCC)C(=O)c1nc(-c2ccccc2)n(-c2ccccc2)n1. The Morgan fingerprint density at radius 2 is 1.71 bits per heavy atom. The van der Waals surface area contributed by atoms with Gasteiger partial charge in [0.2, 0.25) is 5.82 Å². The van der Waals surface area contributed by atoms with Gasteiger partial charge in [0.25, 0.3) is 5.91 Å². The average molecular weight is 418 g/mol. The number of para-hydroxylation sites is 1. The molecule has 0 bridgehead atoms. The third-order valence-corrected chi connectivity index (χ3v) is 5.25. The molecule has 0 spiro atoms. The van der Waals surface area contributed by atoms with Crippen molar-refractivity contribution in [3.63, 3.8) is 0 Å². The molecule has 0 aliphatic heterocycles. The monoisotopic (exact) mass is 417 g/mol. The Bertz CT molecular complexity index is 927. The fourth-order valence-corrected chi connectivity index (χ4v) is 3.44. The predicted octanol–water partition coefficient (Wildman–Crippen LogP) is 4.29. The fraction of sp³-hybridized carbons (Fsp3) is 0.320. The van der Waals surface area contributed by atoms with Crippen molar-refractivity contribution in [2.45, 2.75) is 26.3 Å². The minimum Gasteiger partial charge on any atom is -0.328 e. The lowest BCUT2D eigenvalue weighted by atomic mass is 10.2. The van der Waals surface area contributed by atoms with Gasteiger partial charge in [-0.1, -0.05) is 61.5 Å². The van der Waals surface area contributed by atoms with Crippen LogP contribution in [0.25, 0.3) is 17.1 Å². The van der Waals surface area contributed by atoms with Crippen LogP contribution in [0.15, 0.2) is 73.3 Å². The first-order valence-electron chi connectivity index (χ1n) is 10.7. The summed E-state index contributed by atoms with van der Waals surface area (Å²) in [5, 5.41) is 4.62. The van der Waals surface area contributed by atoms with E-state index in [1.165, 1.54) is 0 Å². The molecule has 0 radical (unpaired) electrons.